The molecule has 1 aromatic rings. The first-order valence-electron chi connectivity index (χ1n) is 11.0. The predicted molar refractivity (Wildman–Crippen MR) is 114 cm³/mol. The van der Waals surface area contributed by atoms with Gasteiger partial charge in [0.1, 0.15) is 5.76 Å². The van der Waals surface area contributed by atoms with Crippen LogP contribution < -0.4 is 11.1 Å². The maximum Gasteiger partial charge on any atom is 0.273 e. The fourth-order valence-electron chi connectivity index (χ4n) is 5.44. The number of nitrogens with one attached hydrogen (secondary N) is 1. The molecule has 4 aliphatic rings. The number of nitrogens with two attached hydrogens (primary N) is 1. The monoisotopic (exact) mass is 458 g/mol. The van der Waals surface area contributed by atoms with Gasteiger partial charge in [-0.25, -0.2) is 8.42 Å². The van der Waals surface area contributed by atoms with Crippen LogP contribution in [0.3, 0.4) is 0 Å². The highest BCUT2D eigenvalue weighted by atomic mass is 35.5. The van der Waals surface area contributed by atoms with Gasteiger partial charge in [0, 0.05) is 36.2 Å². The van der Waals surface area contributed by atoms with Crippen LogP contribution in [0.5, 0.6) is 0 Å². The van der Waals surface area contributed by atoms with Gasteiger partial charge in [-0.2, -0.15) is 4.31 Å². The molecule has 2 aliphatic carbocycles. The van der Waals surface area contributed by atoms with Crippen molar-refractivity contribution < 1.29 is 17.7 Å². The first-order valence-corrected chi connectivity index (χ1v) is 12.5. The summed E-state index contributed by atoms with van der Waals surface area (Å²) in [6, 6.07) is 1.83. The average molecular weight is 459 g/mol. The molecule has 5 rings (SSSR count). The highest BCUT2D eigenvalue weighted by molar-refractivity contribution is 7.89. The Hall–Kier alpha value is -1.16. The van der Waals surface area contributed by atoms with Crippen molar-refractivity contribution >= 4 is 28.3 Å². The van der Waals surface area contributed by atoms with Crippen molar-refractivity contribution in [2.75, 3.05) is 0 Å². The Balaban J connectivity index is 0.00000218. The van der Waals surface area contributed by atoms with E-state index in [-0.39, 0.29) is 47.7 Å². The van der Waals surface area contributed by atoms with E-state index >= 15 is 0 Å². The highest BCUT2D eigenvalue weighted by Gasteiger charge is 2.49. The van der Waals surface area contributed by atoms with Gasteiger partial charge in [-0.1, -0.05) is 5.16 Å². The van der Waals surface area contributed by atoms with E-state index in [1.165, 1.54) is 0 Å². The zero-order valence-corrected chi connectivity index (χ0v) is 18.7. The second-order valence-electron chi connectivity index (χ2n) is 9.33. The Morgan fingerprint density at radius 2 is 1.70 bits per heavy atom. The van der Waals surface area contributed by atoms with Crippen molar-refractivity contribution in [2.45, 2.75) is 99.5 Å². The van der Waals surface area contributed by atoms with Crippen LogP contribution in [0.25, 0.3) is 0 Å². The molecular formula is C20H31ClN4O4S. The molecular weight excluding hydrogens is 428 g/mol. The minimum atomic E-state index is -3.31. The van der Waals surface area contributed by atoms with Gasteiger partial charge < -0.3 is 15.6 Å². The summed E-state index contributed by atoms with van der Waals surface area (Å²) in [7, 11) is -3.31. The van der Waals surface area contributed by atoms with E-state index in [9.17, 15) is 13.2 Å². The van der Waals surface area contributed by atoms with Gasteiger partial charge in [-0.3, -0.25) is 4.79 Å². The van der Waals surface area contributed by atoms with E-state index < -0.39 is 10.0 Å². The number of rotatable bonds is 5. The lowest BCUT2D eigenvalue weighted by molar-refractivity contribution is 0.0899. The zero-order valence-electron chi connectivity index (χ0n) is 17.0. The molecule has 4 fully saturated rings. The molecule has 0 radical (unpaired) electrons. The quantitative estimate of drug-likeness (QED) is 0.698. The van der Waals surface area contributed by atoms with E-state index in [1.807, 2.05) is 0 Å². The molecule has 3 atom stereocenters. The minimum absolute atomic E-state index is 0. The molecule has 1 amide bonds. The van der Waals surface area contributed by atoms with Gasteiger partial charge in [0.2, 0.25) is 10.0 Å². The highest BCUT2D eigenvalue weighted by Crippen LogP contribution is 2.41. The number of nitrogens with zero attached hydrogens (tertiary/aromatic N) is 2. The van der Waals surface area contributed by atoms with Crippen molar-refractivity contribution in [2.24, 2.45) is 5.73 Å². The third kappa shape index (κ3) is 4.13. The van der Waals surface area contributed by atoms with Crippen LogP contribution in [0.2, 0.25) is 0 Å². The molecule has 2 aliphatic heterocycles. The Bertz CT molecular complexity index is 865. The maximum absolute atomic E-state index is 13.3. The lowest BCUT2D eigenvalue weighted by atomic mass is 9.96. The molecule has 1 aromatic heterocycles. The Labute approximate surface area is 183 Å². The second kappa shape index (κ2) is 8.41. The van der Waals surface area contributed by atoms with E-state index in [0.717, 1.165) is 44.3 Å². The van der Waals surface area contributed by atoms with Crippen LogP contribution in [0.4, 0.5) is 0 Å². The van der Waals surface area contributed by atoms with Crippen LogP contribution >= 0.6 is 12.4 Å². The van der Waals surface area contributed by atoms with Crippen LogP contribution in [0.15, 0.2) is 10.6 Å². The number of sulfonamides is 1. The topological polar surface area (TPSA) is 119 Å². The molecule has 0 aromatic carbocycles. The zero-order chi connectivity index (χ0) is 20.2. The van der Waals surface area contributed by atoms with Gasteiger partial charge >= 0.3 is 0 Å². The number of fused-ring (bicyclic) bond motifs is 2. The smallest absolute Gasteiger partial charge is 0.273 e. The van der Waals surface area contributed by atoms with Gasteiger partial charge in [0.25, 0.3) is 5.91 Å². The fourth-order valence-corrected chi connectivity index (χ4v) is 7.87. The molecule has 10 heteroatoms. The SMILES string of the molecule is Cl.N[C@H]1CC[C@H](S(=O)(=O)N2[C@@H]3CC[C@H]2C[C@@H](NC(=O)c2cc(C4CC4)on2)C3)CC1. The number of aromatic nitrogens is 1. The van der Waals surface area contributed by atoms with Crippen molar-refractivity contribution in [3.05, 3.63) is 17.5 Å². The number of amides is 1. The summed E-state index contributed by atoms with van der Waals surface area (Å²) in [6.45, 7) is 0. The first kappa shape index (κ1) is 22.0. The van der Waals surface area contributed by atoms with Crippen molar-refractivity contribution in [3.63, 3.8) is 0 Å². The summed E-state index contributed by atoms with van der Waals surface area (Å²) in [5, 5.41) is 6.68. The van der Waals surface area contributed by atoms with Crippen LogP contribution in [-0.2, 0) is 10.0 Å². The van der Waals surface area contributed by atoms with Gasteiger partial charge in [-0.15, -0.1) is 12.4 Å². The Morgan fingerprint density at radius 1 is 1.07 bits per heavy atom. The van der Waals surface area contributed by atoms with Crippen LogP contribution in [0.1, 0.15) is 86.4 Å². The Morgan fingerprint density at radius 3 is 2.30 bits per heavy atom. The average Bonchev–Trinajstić information content (AvgIpc) is 3.34. The summed E-state index contributed by atoms with van der Waals surface area (Å²) in [5.41, 5.74) is 6.29. The summed E-state index contributed by atoms with van der Waals surface area (Å²) in [4.78, 5) is 12.6. The third-order valence-corrected chi connectivity index (χ3v) is 9.67. The largest absolute Gasteiger partial charge is 0.360 e. The summed E-state index contributed by atoms with van der Waals surface area (Å²) < 4.78 is 33.7. The third-order valence-electron chi connectivity index (χ3n) is 7.18. The number of hydrogen-bond acceptors (Lipinski definition) is 6. The first-order chi connectivity index (χ1) is 13.9. The van der Waals surface area contributed by atoms with Crippen LogP contribution in [0, 0.1) is 0 Å². The predicted octanol–water partition coefficient (Wildman–Crippen LogP) is 2.30. The van der Waals surface area contributed by atoms with E-state index in [1.54, 1.807) is 10.4 Å². The van der Waals surface area contributed by atoms with Gasteiger partial charge in [-0.05, 0) is 64.2 Å². The van der Waals surface area contributed by atoms with Gasteiger partial charge in [0.15, 0.2) is 5.69 Å². The molecule has 30 heavy (non-hydrogen) atoms. The molecule has 2 bridgehead atoms. The van der Waals surface area contributed by atoms with E-state index in [4.69, 9.17) is 10.3 Å². The van der Waals surface area contributed by atoms with E-state index in [0.29, 0.717) is 37.3 Å². The molecule has 168 valence electrons. The summed E-state index contributed by atoms with van der Waals surface area (Å²) >= 11 is 0. The maximum atomic E-state index is 13.3. The number of hydrogen-bond donors (Lipinski definition) is 2. The molecule has 2 saturated carbocycles. The molecule has 3 heterocycles. The summed E-state index contributed by atoms with van der Waals surface area (Å²) in [5.74, 6) is 0.994. The number of piperidine rings is 1. The molecule has 0 unspecified atom stereocenters. The fraction of sp³-hybridized carbons (Fsp3) is 0.800. The standard InChI is InChI=1S/C20H30N4O4S.ClH/c21-13-3-7-17(8-4-13)29(26,27)24-15-5-6-16(24)10-14(9-15)22-20(25)18-11-19(28-23-18)12-1-2-12;/h11-17H,1-10,21H2,(H,22,25);1H/t13-,14-,15+,16-,17-;. The van der Waals surface area contributed by atoms with Crippen molar-refractivity contribution in [1.82, 2.24) is 14.8 Å². The van der Waals surface area contributed by atoms with Crippen LogP contribution in [-0.4, -0.2) is 53.2 Å². The van der Waals surface area contributed by atoms with Crippen molar-refractivity contribution in [3.8, 4) is 0 Å². The normalized spacial score (nSPS) is 34.4. The van der Waals surface area contributed by atoms with Crippen molar-refractivity contribution in [1.29, 1.82) is 0 Å². The summed E-state index contributed by atoms with van der Waals surface area (Å²) in [6.07, 6.45) is 8.17. The number of halogens is 1. The molecule has 3 N–H and O–H groups in total. The van der Waals surface area contributed by atoms with E-state index in [2.05, 4.69) is 10.5 Å². The molecule has 8 nitrogen and oxygen atoms in total. The lowest BCUT2D eigenvalue weighted by Crippen LogP contribution is -2.55. The lowest BCUT2D eigenvalue weighted by Gasteiger charge is -2.40. The molecule has 2 saturated heterocycles. The second-order valence-corrected chi connectivity index (χ2v) is 11.4. The number of carbonyl (C=O) groups excluding carboxylic acids is 1. The minimum Gasteiger partial charge on any atom is -0.360 e. The van der Waals surface area contributed by atoms with Gasteiger partial charge in [0.05, 0.1) is 5.25 Å². The number of carbonyl (C=O) groups is 1. The Kier molecular flexibility index (Phi) is 6.18. The molecule has 0 spiro atoms.